The van der Waals surface area contributed by atoms with E-state index < -0.39 is 0 Å². The van der Waals surface area contributed by atoms with Crippen LogP contribution in [0.1, 0.15) is 30.5 Å². The van der Waals surface area contributed by atoms with E-state index in [9.17, 15) is 0 Å². The fraction of sp³-hybridized carbons (Fsp3) is 0.308. The lowest BCUT2D eigenvalue weighted by molar-refractivity contribution is 0.566. The summed E-state index contributed by atoms with van der Waals surface area (Å²) in [5.74, 6) is 0. The van der Waals surface area contributed by atoms with Crippen molar-refractivity contribution in [3.8, 4) is 0 Å². The number of aryl methyl sites for hydroxylation is 1. The molecule has 0 amide bonds. The first-order valence-electron chi connectivity index (χ1n) is 5.35. The first-order valence-corrected chi connectivity index (χ1v) is 5.35. The molecule has 2 nitrogen and oxygen atoms in total. The summed E-state index contributed by atoms with van der Waals surface area (Å²) < 4.78 is 2.16. The van der Waals surface area contributed by atoms with Crippen molar-refractivity contribution in [1.29, 1.82) is 0 Å². The molecule has 0 aliphatic carbocycles. The van der Waals surface area contributed by atoms with Crippen LogP contribution in [0.2, 0.25) is 0 Å². The van der Waals surface area contributed by atoms with Crippen molar-refractivity contribution < 1.29 is 0 Å². The van der Waals surface area contributed by atoms with Crippen molar-refractivity contribution in [2.45, 2.75) is 26.3 Å². The van der Waals surface area contributed by atoms with Gasteiger partial charge in [0.05, 0.1) is 12.4 Å². The van der Waals surface area contributed by atoms with Crippen LogP contribution >= 0.6 is 0 Å². The molecule has 78 valence electrons. The minimum absolute atomic E-state index is 0.410. The predicted molar refractivity (Wildman–Crippen MR) is 61.8 cm³/mol. The molecule has 0 saturated heterocycles. The van der Waals surface area contributed by atoms with E-state index >= 15 is 0 Å². The Kier molecular flexibility index (Phi) is 2.86. The van der Waals surface area contributed by atoms with Crippen molar-refractivity contribution >= 4 is 0 Å². The zero-order valence-electron chi connectivity index (χ0n) is 9.22. The maximum Gasteiger partial charge on any atom is 0.0951 e. The SMILES string of the molecule is CCC(c1cccc(C)c1)n1ccnc1. The van der Waals surface area contributed by atoms with Crippen molar-refractivity contribution in [3.63, 3.8) is 0 Å². The highest BCUT2D eigenvalue weighted by atomic mass is 15.0. The monoisotopic (exact) mass is 200 g/mol. The normalized spacial score (nSPS) is 12.7. The second-order valence-corrected chi connectivity index (χ2v) is 3.85. The van der Waals surface area contributed by atoms with Gasteiger partial charge in [0, 0.05) is 12.4 Å². The van der Waals surface area contributed by atoms with Crippen LogP contribution in [0, 0.1) is 6.92 Å². The summed E-state index contributed by atoms with van der Waals surface area (Å²) in [6.45, 7) is 4.33. The molecular weight excluding hydrogens is 184 g/mol. The Hall–Kier alpha value is -1.57. The van der Waals surface area contributed by atoms with E-state index in [2.05, 4.69) is 47.7 Å². The van der Waals surface area contributed by atoms with E-state index in [4.69, 9.17) is 0 Å². The summed E-state index contributed by atoms with van der Waals surface area (Å²) in [6, 6.07) is 9.08. The van der Waals surface area contributed by atoms with Gasteiger partial charge in [-0.3, -0.25) is 0 Å². The minimum Gasteiger partial charge on any atom is -0.330 e. The van der Waals surface area contributed by atoms with Gasteiger partial charge in [-0.25, -0.2) is 4.98 Å². The second-order valence-electron chi connectivity index (χ2n) is 3.85. The third-order valence-electron chi connectivity index (χ3n) is 2.70. The van der Waals surface area contributed by atoms with Crippen LogP contribution in [0.5, 0.6) is 0 Å². The maximum absolute atomic E-state index is 4.10. The van der Waals surface area contributed by atoms with E-state index in [0.29, 0.717) is 6.04 Å². The Balaban J connectivity index is 2.35. The van der Waals surface area contributed by atoms with Gasteiger partial charge in [-0.2, -0.15) is 0 Å². The molecule has 2 aromatic rings. The molecule has 1 aromatic heterocycles. The van der Waals surface area contributed by atoms with E-state index in [1.54, 1.807) is 0 Å². The van der Waals surface area contributed by atoms with Gasteiger partial charge in [0.2, 0.25) is 0 Å². The first-order chi connectivity index (χ1) is 7.31. The van der Waals surface area contributed by atoms with Crippen LogP contribution in [0.15, 0.2) is 43.0 Å². The molecule has 0 saturated carbocycles. The highest BCUT2D eigenvalue weighted by Crippen LogP contribution is 2.21. The second kappa shape index (κ2) is 4.30. The summed E-state index contributed by atoms with van der Waals surface area (Å²) in [6.07, 6.45) is 6.82. The molecule has 1 unspecified atom stereocenters. The fourth-order valence-corrected chi connectivity index (χ4v) is 1.95. The standard InChI is InChI=1S/C13H16N2/c1-3-13(15-8-7-14-10-15)12-6-4-5-11(2)9-12/h4-10,13H,3H2,1-2H3. The Morgan fingerprint density at radius 1 is 1.40 bits per heavy atom. The molecule has 2 rings (SSSR count). The number of aromatic nitrogens is 2. The lowest BCUT2D eigenvalue weighted by Gasteiger charge is -2.17. The topological polar surface area (TPSA) is 17.8 Å². The van der Waals surface area contributed by atoms with Gasteiger partial charge in [-0.1, -0.05) is 36.8 Å². The third-order valence-corrected chi connectivity index (χ3v) is 2.70. The summed E-state index contributed by atoms with van der Waals surface area (Å²) >= 11 is 0. The molecule has 0 bridgehead atoms. The summed E-state index contributed by atoms with van der Waals surface area (Å²) in [5, 5.41) is 0. The van der Waals surface area contributed by atoms with Crippen molar-refractivity contribution in [3.05, 3.63) is 54.1 Å². The lowest BCUT2D eigenvalue weighted by atomic mass is 10.0. The number of rotatable bonds is 3. The zero-order valence-corrected chi connectivity index (χ0v) is 9.22. The number of hydrogen-bond donors (Lipinski definition) is 0. The number of nitrogens with zero attached hydrogens (tertiary/aromatic N) is 2. The maximum atomic E-state index is 4.10. The van der Waals surface area contributed by atoms with Crippen LogP contribution in [0.4, 0.5) is 0 Å². The molecule has 1 atom stereocenters. The third kappa shape index (κ3) is 2.09. The van der Waals surface area contributed by atoms with Crippen molar-refractivity contribution in [2.75, 3.05) is 0 Å². The molecule has 1 aromatic carbocycles. The predicted octanol–water partition coefficient (Wildman–Crippen LogP) is 3.19. The van der Waals surface area contributed by atoms with Gasteiger partial charge < -0.3 is 4.57 Å². The fourth-order valence-electron chi connectivity index (χ4n) is 1.95. The van der Waals surface area contributed by atoms with Gasteiger partial charge in [-0.05, 0) is 18.9 Å². The van der Waals surface area contributed by atoms with Gasteiger partial charge in [0.1, 0.15) is 0 Å². The summed E-state index contributed by atoms with van der Waals surface area (Å²) in [5.41, 5.74) is 2.67. The molecule has 15 heavy (non-hydrogen) atoms. The van der Waals surface area contributed by atoms with Crippen LogP contribution < -0.4 is 0 Å². The van der Waals surface area contributed by atoms with E-state index in [-0.39, 0.29) is 0 Å². The molecular formula is C13H16N2. The lowest BCUT2D eigenvalue weighted by Crippen LogP contribution is -2.07. The molecule has 0 radical (unpaired) electrons. The molecule has 0 spiro atoms. The van der Waals surface area contributed by atoms with E-state index in [1.165, 1.54) is 11.1 Å². The molecule has 0 fully saturated rings. The van der Waals surface area contributed by atoms with Gasteiger partial charge in [0.15, 0.2) is 0 Å². The molecule has 2 heteroatoms. The number of benzene rings is 1. The Bertz CT molecular complexity index is 418. The van der Waals surface area contributed by atoms with Crippen molar-refractivity contribution in [1.82, 2.24) is 9.55 Å². The number of imidazole rings is 1. The van der Waals surface area contributed by atoms with Crippen LogP contribution in [0.3, 0.4) is 0 Å². The first kappa shape index (κ1) is 9.97. The highest BCUT2D eigenvalue weighted by Gasteiger charge is 2.10. The van der Waals surface area contributed by atoms with Crippen LogP contribution in [0.25, 0.3) is 0 Å². The Morgan fingerprint density at radius 2 is 2.27 bits per heavy atom. The summed E-state index contributed by atoms with van der Waals surface area (Å²) in [4.78, 5) is 4.10. The molecule has 0 N–H and O–H groups in total. The largest absolute Gasteiger partial charge is 0.330 e. The minimum atomic E-state index is 0.410. The zero-order chi connectivity index (χ0) is 10.7. The van der Waals surface area contributed by atoms with Gasteiger partial charge in [0.25, 0.3) is 0 Å². The molecule has 1 heterocycles. The quantitative estimate of drug-likeness (QED) is 0.744. The van der Waals surface area contributed by atoms with Gasteiger partial charge in [-0.15, -0.1) is 0 Å². The average Bonchev–Trinajstić information content (AvgIpc) is 2.72. The van der Waals surface area contributed by atoms with Crippen molar-refractivity contribution in [2.24, 2.45) is 0 Å². The van der Waals surface area contributed by atoms with Crippen LogP contribution in [-0.4, -0.2) is 9.55 Å². The highest BCUT2D eigenvalue weighted by molar-refractivity contribution is 5.25. The molecule has 0 aliphatic rings. The summed E-state index contributed by atoms with van der Waals surface area (Å²) in [7, 11) is 0. The number of hydrogen-bond acceptors (Lipinski definition) is 1. The smallest absolute Gasteiger partial charge is 0.0951 e. The molecule has 0 aliphatic heterocycles. The average molecular weight is 200 g/mol. The Labute approximate surface area is 90.6 Å². The van der Waals surface area contributed by atoms with Gasteiger partial charge >= 0.3 is 0 Å². The van der Waals surface area contributed by atoms with Crippen LogP contribution in [-0.2, 0) is 0 Å². The Morgan fingerprint density at radius 3 is 2.87 bits per heavy atom. The van der Waals surface area contributed by atoms with E-state index in [0.717, 1.165) is 6.42 Å². The van der Waals surface area contributed by atoms with E-state index in [1.807, 2.05) is 18.7 Å².